The fraction of sp³-hybridized carbons (Fsp3) is 0.300. The van der Waals surface area contributed by atoms with Gasteiger partial charge in [0.2, 0.25) is 5.95 Å². The highest BCUT2D eigenvalue weighted by Gasteiger charge is 2.27. The van der Waals surface area contributed by atoms with Gasteiger partial charge in [0.25, 0.3) is 0 Å². The average molecular weight is 257 g/mol. The normalized spacial score (nSPS) is 11.5. The fourth-order valence-electron chi connectivity index (χ4n) is 1.33. The fourth-order valence-corrected chi connectivity index (χ4v) is 1.33. The predicted octanol–water partition coefficient (Wildman–Crippen LogP) is 1.76. The Morgan fingerprint density at radius 2 is 1.94 bits per heavy atom. The van der Waals surface area contributed by atoms with Gasteiger partial charge in [-0.1, -0.05) is 0 Å². The summed E-state index contributed by atoms with van der Waals surface area (Å²) in [6.07, 6.45) is -0.557. The third kappa shape index (κ3) is 3.72. The van der Waals surface area contributed by atoms with E-state index in [1.54, 1.807) is 24.5 Å². The van der Waals surface area contributed by atoms with Crippen LogP contribution in [-0.4, -0.2) is 32.9 Å². The molecular weight excluding hydrogens is 247 g/mol. The molecule has 5 nitrogen and oxygen atoms in total. The van der Waals surface area contributed by atoms with Gasteiger partial charge in [-0.2, -0.15) is 18.2 Å². The minimum absolute atomic E-state index is 0.0589. The van der Waals surface area contributed by atoms with Gasteiger partial charge in [0, 0.05) is 18.8 Å². The Balaban J connectivity index is 1.94. The summed E-state index contributed by atoms with van der Waals surface area (Å²) in [5.41, 5.74) is 0.948. The molecule has 0 bridgehead atoms. The SMILES string of the molecule is FC(F)(F)CNc1n[nH]c(Cc2ccncc2)n1. The molecule has 2 N–H and O–H groups in total. The topological polar surface area (TPSA) is 66.5 Å². The van der Waals surface area contributed by atoms with Gasteiger partial charge in [0.1, 0.15) is 12.4 Å². The van der Waals surface area contributed by atoms with Gasteiger partial charge in [-0.25, -0.2) is 0 Å². The van der Waals surface area contributed by atoms with Crippen molar-refractivity contribution in [3.63, 3.8) is 0 Å². The second-order valence-electron chi connectivity index (χ2n) is 3.61. The summed E-state index contributed by atoms with van der Waals surface area (Å²) in [4.78, 5) is 7.78. The minimum Gasteiger partial charge on any atom is -0.344 e. The molecule has 2 aromatic heterocycles. The standard InChI is InChI=1S/C10H10F3N5/c11-10(12,13)6-15-9-16-8(17-18-9)5-7-1-3-14-4-2-7/h1-4H,5-6H2,(H2,15,16,17,18). The summed E-state index contributed by atoms with van der Waals surface area (Å²) in [5.74, 6) is 0.433. The van der Waals surface area contributed by atoms with Crippen LogP contribution in [0.2, 0.25) is 0 Å². The molecule has 0 spiro atoms. The highest BCUT2D eigenvalue weighted by atomic mass is 19.4. The molecule has 0 atom stereocenters. The Labute approximate surface area is 100 Å². The first-order chi connectivity index (χ1) is 8.53. The lowest BCUT2D eigenvalue weighted by molar-refractivity contribution is -0.115. The first kappa shape index (κ1) is 12.3. The molecule has 0 radical (unpaired) electrons. The third-order valence-electron chi connectivity index (χ3n) is 2.10. The van der Waals surface area contributed by atoms with Gasteiger partial charge in [-0.15, -0.1) is 5.10 Å². The van der Waals surface area contributed by atoms with Gasteiger partial charge < -0.3 is 5.32 Å². The first-order valence-corrected chi connectivity index (χ1v) is 5.14. The third-order valence-corrected chi connectivity index (χ3v) is 2.10. The maximum Gasteiger partial charge on any atom is 0.405 e. The molecule has 2 heterocycles. The molecule has 0 fully saturated rings. The van der Waals surface area contributed by atoms with Crippen molar-refractivity contribution in [1.29, 1.82) is 0 Å². The lowest BCUT2D eigenvalue weighted by atomic mass is 10.2. The molecule has 96 valence electrons. The number of rotatable bonds is 4. The van der Waals surface area contributed by atoms with Crippen LogP contribution in [0, 0.1) is 0 Å². The monoisotopic (exact) mass is 257 g/mol. The molecule has 8 heteroatoms. The zero-order valence-electron chi connectivity index (χ0n) is 9.20. The number of halogens is 3. The maximum absolute atomic E-state index is 12.0. The van der Waals surface area contributed by atoms with Crippen LogP contribution in [0.5, 0.6) is 0 Å². The van der Waals surface area contributed by atoms with Crippen molar-refractivity contribution in [1.82, 2.24) is 20.2 Å². The molecule has 0 saturated heterocycles. The van der Waals surface area contributed by atoms with Crippen molar-refractivity contribution >= 4 is 5.95 Å². The molecule has 18 heavy (non-hydrogen) atoms. The van der Waals surface area contributed by atoms with Gasteiger partial charge in [-0.3, -0.25) is 10.1 Å². The van der Waals surface area contributed by atoms with Gasteiger partial charge >= 0.3 is 6.18 Å². The summed E-state index contributed by atoms with van der Waals surface area (Å²) < 4.78 is 35.9. The molecule has 0 aromatic carbocycles. The van der Waals surface area contributed by atoms with Crippen molar-refractivity contribution < 1.29 is 13.2 Å². The lowest BCUT2D eigenvalue weighted by Gasteiger charge is -2.05. The summed E-state index contributed by atoms with van der Waals surface area (Å²) in [6.45, 7) is -1.15. The van der Waals surface area contributed by atoms with Crippen LogP contribution in [0.4, 0.5) is 19.1 Å². The zero-order valence-corrected chi connectivity index (χ0v) is 9.20. The Hall–Kier alpha value is -2.12. The van der Waals surface area contributed by atoms with E-state index in [4.69, 9.17) is 0 Å². The number of nitrogens with one attached hydrogen (secondary N) is 2. The van der Waals surface area contributed by atoms with Gasteiger partial charge in [-0.05, 0) is 17.7 Å². The molecule has 2 aromatic rings. The largest absolute Gasteiger partial charge is 0.405 e. The second kappa shape index (κ2) is 5.03. The van der Waals surface area contributed by atoms with E-state index in [1.807, 2.05) is 0 Å². The highest BCUT2D eigenvalue weighted by Crippen LogP contribution is 2.14. The van der Waals surface area contributed by atoms with Crippen molar-refractivity contribution in [2.75, 3.05) is 11.9 Å². The molecule has 0 aliphatic heterocycles. The molecule has 0 amide bonds. The van der Waals surface area contributed by atoms with E-state index in [0.29, 0.717) is 12.2 Å². The average Bonchev–Trinajstić information content (AvgIpc) is 2.75. The van der Waals surface area contributed by atoms with Crippen molar-refractivity contribution in [2.24, 2.45) is 0 Å². The molecule has 0 unspecified atom stereocenters. The summed E-state index contributed by atoms with van der Waals surface area (Å²) in [5, 5.41) is 8.33. The number of aromatic nitrogens is 4. The molecule has 2 rings (SSSR count). The van der Waals surface area contributed by atoms with Crippen molar-refractivity contribution in [3.8, 4) is 0 Å². The number of hydrogen-bond acceptors (Lipinski definition) is 4. The van der Waals surface area contributed by atoms with Gasteiger partial charge in [0.05, 0.1) is 0 Å². The molecule has 0 saturated carbocycles. The number of anilines is 1. The maximum atomic E-state index is 12.0. The van der Waals surface area contributed by atoms with Gasteiger partial charge in [0.15, 0.2) is 0 Å². The van der Waals surface area contributed by atoms with E-state index in [1.165, 1.54) is 0 Å². The van der Waals surface area contributed by atoms with Crippen LogP contribution >= 0.6 is 0 Å². The number of pyridine rings is 1. The van der Waals surface area contributed by atoms with Crippen molar-refractivity contribution in [2.45, 2.75) is 12.6 Å². The Morgan fingerprint density at radius 1 is 1.22 bits per heavy atom. The van der Waals surface area contributed by atoms with E-state index in [9.17, 15) is 13.2 Å². The lowest BCUT2D eigenvalue weighted by Crippen LogP contribution is -2.21. The highest BCUT2D eigenvalue weighted by molar-refractivity contribution is 5.25. The van der Waals surface area contributed by atoms with Crippen LogP contribution in [-0.2, 0) is 6.42 Å². The zero-order chi connectivity index (χ0) is 13.0. The quantitative estimate of drug-likeness (QED) is 0.876. The summed E-state index contributed by atoms with van der Waals surface area (Å²) in [7, 11) is 0. The van der Waals surface area contributed by atoms with Crippen LogP contribution < -0.4 is 5.32 Å². The first-order valence-electron chi connectivity index (χ1n) is 5.14. The van der Waals surface area contributed by atoms with E-state index in [0.717, 1.165) is 5.56 Å². The predicted molar refractivity (Wildman–Crippen MR) is 58.0 cm³/mol. The van der Waals surface area contributed by atoms with Crippen LogP contribution in [0.1, 0.15) is 11.4 Å². The number of nitrogens with zero attached hydrogens (tertiary/aromatic N) is 3. The van der Waals surface area contributed by atoms with Crippen LogP contribution in [0.3, 0.4) is 0 Å². The summed E-state index contributed by atoms with van der Waals surface area (Å²) >= 11 is 0. The Bertz CT molecular complexity index is 494. The molecule has 0 aliphatic carbocycles. The van der Waals surface area contributed by atoms with E-state index < -0.39 is 12.7 Å². The summed E-state index contributed by atoms with van der Waals surface area (Å²) in [6, 6.07) is 3.59. The molecular formula is C10H10F3N5. The Kier molecular flexibility index (Phi) is 3.45. The van der Waals surface area contributed by atoms with E-state index >= 15 is 0 Å². The van der Waals surface area contributed by atoms with Crippen LogP contribution in [0.15, 0.2) is 24.5 Å². The number of H-pyrrole nitrogens is 1. The second-order valence-corrected chi connectivity index (χ2v) is 3.61. The van der Waals surface area contributed by atoms with Crippen molar-refractivity contribution in [3.05, 3.63) is 35.9 Å². The molecule has 0 aliphatic rings. The smallest absolute Gasteiger partial charge is 0.344 e. The number of alkyl halides is 3. The minimum atomic E-state index is -4.29. The number of hydrogen-bond donors (Lipinski definition) is 2. The Morgan fingerprint density at radius 3 is 2.61 bits per heavy atom. The number of aromatic amines is 1. The van der Waals surface area contributed by atoms with Crippen LogP contribution in [0.25, 0.3) is 0 Å². The van der Waals surface area contributed by atoms with E-state index in [2.05, 4.69) is 25.5 Å². The van der Waals surface area contributed by atoms with E-state index in [-0.39, 0.29) is 5.95 Å².